The van der Waals surface area contributed by atoms with Crippen molar-refractivity contribution in [2.75, 3.05) is 26.2 Å². The second kappa shape index (κ2) is 8.45. The molecule has 2 aromatic heterocycles. The molecule has 1 saturated heterocycles. The molecule has 2 aliphatic rings. The Morgan fingerprint density at radius 2 is 1.97 bits per heavy atom. The van der Waals surface area contributed by atoms with Crippen LogP contribution in [0.3, 0.4) is 0 Å². The van der Waals surface area contributed by atoms with E-state index in [1.54, 1.807) is 0 Å². The predicted molar refractivity (Wildman–Crippen MR) is 111 cm³/mol. The van der Waals surface area contributed by atoms with Crippen LogP contribution in [0.1, 0.15) is 74.8 Å². The minimum absolute atomic E-state index is 0.110. The summed E-state index contributed by atoms with van der Waals surface area (Å²) < 4.78 is 7.31. The van der Waals surface area contributed by atoms with Crippen LogP contribution in [0.2, 0.25) is 0 Å². The number of carbonyl (C=O) groups is 1. The first kappa shape index (κ1) is 21.0. The van der Waals surface area contributed by atoms with E-state index in [-0.39, 0.29) is 11.4 Å². The fourth-order valence-electron chi connectivity index (χ4n) is 5.33. The molecule has 1 aliphatic carbocycles. The molecule has 3 heterocycles. The Labute approximate surface area is 177 Å². The van der Waals surface area contributed by atoms with E-state index in [2.05, 4.69) is 44.1 Å². The molecule has 1 amide bonds. The lowest BCUT2D eigenvalue weighted by Crippen LogP contribution is -2.50. The first-order valence-electron chi connectivity index (χ1n) is 11.2. The second-order valence-corrected chi connectivity index (χ2v) is 8.63. The van der Waals surface area contributed by atoms with E-state index in [0.717, 1.165) is 55.2 Å². The van der Waals surface area contributed by atoms with Crippen LogP contribution >= 0.6 is 0 Å². The summed E-state index contributed by atoms with van der Waals surface area (Å²) in [5.41, 5.74) is 1.35. The minimum Gasteiger partial charge on any atom is -0.361 e. The summed E-state index contributed by atoms with van der Waals surface area (Å²) in [5.74, 6) is 1.75. The Bertz CT molecular complexity index is 862. The molecular weight excluding hydrogens is 382 g/mol. The van der Waals surface area contributed by atoms with Gasteiger partial charge in [-0.15, -0.1) is 5.10 Å². The maximum atomic E-state index is 13.2. The van der Waals surface area contributed by atoms with E-state index in [4.69, 9.17) is 4.52 Å². The van der Waals surface area contributed by atoms with Gasteiger partial charge in [-0.05, 0) is 56.6 Å². The van der Waals surface area contributed by atoms with Crippen LogP contribution in [-0.2, 0) is 16.8 Å². The molecule has 9 nitrogen and oxygen atoms in total. The fraction of sp³-hybridized carbons (Fsp3) is 0.762. The van der Waals surface area contributed by atoms with Crippen molar-refractivity contribution in [3.05, 3.63) is 22.8 Å². The number of tetrazole rings is 1. The van der Waals surface area contributed by atoms with Gasteiger partial charge in [0, 0.05) is 18.7 Å². The van der Waals surface area contributed by atoms with Gasteiger partial charge in [0.1, 0.15) is 11.3 Å². The number of hydrogen-bond acceptors (Lipinski definition) is 7. The van der Waals surface area contributed by atoms with E-state index in [1.165, 1.54) is 12.8 Å². The molecule has 1 aliphatic heterocycles. The standard InChI is InChI=1S/C21H33N7O2/c1-5-27(6-2)21(20-22-24-25-28(20)17-9-7-8-10-17)11-12-26(14-21)19(29)13-18-15(3)23-30-16(18)4/h17H,5-14H2,1-4H3. The van der Waals surface area contributed by atoms with Gasteiger partial charge in [-0.3, -0.25) is 9.69 Å². The monoisotopic (exact) mass is 415 g/mol. The Kier molecular flexibility index (Phi) is 5.90. The van der Waals surface area contributed by atoms with Crippen molar-refractivity contribution < 1.29 is 9.32 Å². The molecule has 0 radical (unpaired) electrons. The highest BCUT2D eigenvalue weighted by Crippen LogP contribution is 2.40. The average Bonchev–Trinajstić information content (AvgIpc) is 3.52. The summed E-state index contributed by atoms with van der Waals surface area (Å²) in [7, 11) is 0. The highest BCUT2D eigenvalue weighted by molar-refractivity contribution is 5.79. The van der Waals surface area contributed by atoms with Crippen molar-refractivity contribution in [2.24, 2.45) is 0 Å². The number of aryl methyl sites for hydroxylation is 2. The largest absolute Gasteiger partial charge is 0.361 e. The summed E-state index contributed by atoms with van der Waals surface area (Å²) in [5, 5.41) is 17.0. The average molecular weight is 416 g/mol. The Morgan fingerprint density at radius 1 is 1.23 bits per heavy atom. The summed E-state index contributed by atoms with van der Waals surface area (Å²) in [6.45, 7) is 11.2. The van der Waals surface area contributed by atoms with Crippen molar-refractivity contribution in [1.82, 2.24) is 35.2 Å². The summed E-state index contributed by atoms with van der Waals surface area (Å²) in [4.78, 5) is 17.6. The molecule has 0 bridgehead atoms. The van der Waals surface area contributed by atoms with Crippen LogP contribution < -0.4 is 0 Å². The highest BCUT2D eigenvalue weighted by Gasteiger charge is 2.49. The fourth-order valence-corrected chi connectivity index (χ4v) is 5.33. The molecule has 2 aromatic rings. The molecule has 4 rings (SSSR count). The van der Waals surface area contributed by atoms with Crippen LogP contribution in [0.25, 0.3) is 0 Å². The van der Waals surface area contributed by atoms with Gasteiger partial charge in [-0.1, -0.05) is 31.8 Å². The molecule has 164 valence electrons. The zero-order valence-electron chi connectivity index (χ0n) is 18.6. The number of carbonyl (C=O) groups excluding carboxylic acids is 1. The Morgan fingerprint density at radius 3 is 2.60 bits per heavy atom. The molecule has 1 saturated carbocycles. The van der Waals surface area contributed by atoms with Crippen molar-refractivity contribution in [1.29, 1.82) is 0 Å². The van der Waals surface area contributed by atoms with Gasteiger partial charge in [-0.2, -0.15) is 0 Å². The molecule has 9 heteroatoms. The lowest BCUT2D eigenvalue weighted by Gasteiger charge is -2.39. The quantitative estimate of drug-likeness (QED) is 0.685. The third-order valence-electron chi connectivity index (χ3n) is 7.06. The van der Waals surface area contributed by atoms with Crippen molar-refractivity contribution >= 4 is 5.91 Å². The van der Waals surface area contributed by atoms with Gasteiger partial charge < -0.3 is 9.42 Å². The van der Waals surface area contributed by atoms with Crippen LogP contribution in [-0.4, -0.2) is 67.2 Å². The maximum Gasteiger partial charge on any atom is 0.227 e. The van der Waals surface area contributed by atoms with Gasteiger partial charge in [0.15, 0.2) is 5.82 Å². The predicted octanol–water partition coefficient (Wildman–Crippen LogP) is 2.41. The zero-order valence-corrected chi connectivity index (χ0v) is 18.6. The van der Waals surface area contributed by atoms with Crippen LogP contribution in [0.5, 0.6) is 0 Å². The minimum atomic E-state index is -0.343. The lowest BCUT2D eigenvalue weighted by molar-refractivity contribution is -0.130. The number of amides is 1. The van der Waals surface area contributed by atoms with Gasteiger partial charge in [0.2, 0.25) is 5.91 Å². The molecule has 0 N–H and O–H groups in total. The van der Waals surface area contributed by atoms with Crippen molar-refractivity contribution in [2.45, 2.75) is 77.8 Å². The molecule has 2 fully saturated rings. The van der Waals surface area contributed by atoms with Crippen LogP contribution in [0, 0.1) is 13.8 Å². The van der Waals surface area contributed by atoms with Gasteiger partial charge in [0.25, 0.3) is 0 Å². The number of nitrogens with zero attached hydrogens (tertiary/aromatic N) is 7. The molecule has 0 aromatic carbocycles. The Hall–Kier alpha value is -2.29. The number of aromatic nitrogens is 5. The molecule has 1 unspecified atom stereocenters. The third kappa shape index (κ3) is 3.53. The van der Waals surface area contributed by atoms with Crippen LogP contribution in [0.15, 0.2) is 4.52 Å². The molecular formula is C21H33N7O2. The zero-order chi connectivity index (χ0) is 21.3. The van der Waals surface area contributed by atoms with Gasteiger partial charge in [-0.25, -0.2) is 4.68 Å². The van der Waals surface area contributed by atoms with E-state index in [0.29, 0.717) is 25.6 Å². The summed E-state index contributed by atoms with van der Waals surface area (Å²) in [6.07, 6.45) is 5.87. The van der Waals surface area contributed by atoms with Crippen molar-refractivity contribution in [3.63, 3.8) is 0 Å². The van der Waals surface area contributed by atoms with E-state index in [1.807, 2.05) is 18.7 Å². The molecule has 30 heavy (non-hydrogen) atoms. The normalized spacial score (nSPS) is 22.5. The van der Waals surface area contributed by atoms with Crippen LogP contribution in [0.4, 0.5) is 0 Å². The van der Waals surface area contributed by atoms with Gasteiger partial charge >= 0.3 is 0 Å². The lowest BCUT2D eigenvalue weighted by atomic mass is 9.94. The second-order valence-electron chi connectivity index (χ2n) is 8.63. The first-order valence-corrected chi connectivity index (χ1v) is 11.2. The molecule has 0 spiro atoms. The topological polar surface area (TPSA) is 93.2 Å². The third-order valence-corrected chi connectivity index (χ3v) is 7.06. The number of likely N-dealkylation sites (N-methyl/N-ethyl adjacent to an activating group) is 1. The maximum absolute atomic E-state index is 13.2. The highest BCUT2D eigenvalue weighted by atomic mass is 16.5. The summed E-state index contributed by atoms with van der Waals surface area (Å²) in [6, 6.07) is 0.370. The van der Waals surface area contributed by atoms with Crippen molar-refractivity contribution in [3.8, 4) is 0 Å². The van der Waals surface area contributed by atoms with Gasteiger partial charge in [0.05, 0.1) is 18.2 Å². The first-order chi connectivity index (χ1) is 14.5. The molecule has 1 atom stereocenters. The SMILES string of the molecule is CCN(CC)C1(c2nnnn2C2CCCC2)CCN(C(=O)Cc2c(C)noc2C)C1. The van der Waals surface area contributed by atoms with E-state index >= 15 is 0 Å². The summed E-state index contributed by atoms with van der Waals surface area (Å²) >= 11 is 0. The number of hydrogen-bond donors (Lipinski definition) is 0. The number of rotatable bonds is 7. The number of likely N-dealkylation sites (tertiary alicyclic amines) is 1. The van der Waals surface area contributed by atoms with E-state index < -0.39 is 0 Å². The Balaban J connectivity index is 1.62. The van der Waals surface area contributed by atoms with E-state index in [9.17, 15) is 4.79 Å². The smallest absolute Gasteiger partial charge is 0.227 e.